The lowest BCUT2D eigenvalue weighted by Crippen LogP contribution is -2.34. The molecule has 0 unspecified atom stereocenters. The quantitative estimate of drug-likeness (QED) is 0.525. The fourth-order valence-electron chi connectivity index (χ4n) is 2.43. The van der Waals surface area contributed by atoms with Crippen molar-refractivity contribution in [2.75, 3.05) is 19.0 Å². The first kappa shape index (κ1) is 19.8. The third kappa shape index (κ3) is 4.76. The van der Waals surface area contributed by atoms with Gasteiger partial charge in [-0.25, -0.2) is 0 Å². The van der Waals surface area contributed by atoms with Gasteiger partial charge in [0.15, 0.2) is 0 Å². The molecule has 1 aromatic carbocycles. The lowest BCUT2D eigenvalue weighted by Gasteiger charge is -2.27. The molecule has 26 heavy (non-hydrogen) atoms. The second-order valence-corrected chi connectivity index (χ2v) is 6.95. The molecule has 4 nitrogen and oxygen atoms in total. The van der Waals surface area contributed by atoms with Crippen LogP contribution in [0.15, 0.2) is 77.1 Å². The maximum atomic E-state index is 12.9. The zero-order chi connectivity index (χ0) is 19.1. The summed E-state index contributed by atoms with van der Waals surface area (Å²) in [6.07, 6.45) is 6.18. The van der Waals surface area contributed by atoms with Crippen LogP contribution in [0.25, 0.3) is 0 Å². The molecule has 5 heteroatoms. The number of rotatable bonds is 7. The molecule has 0 spiro atoms. The van der Waals surface area contributed by atoms with E-state index in [1.807, 2.05) is 31.0 Å². The fourth-order valence-corrected chi connectivity index (χ4v) is 3.21. The van der Waals surface area contributed by atoms with Crippen LogP contribution in [0, 0.1) is 0 Å². The van der Waals surface area contributed by atoms with Crippen molar-refractivity contribution in [2.45, 2.75) is 25.2 Å². The van der Waals surface area contributed by atoms with E-state index in [9.17, 15) is 4.79 Å². The molecule has 0 radical (unpaired) electrons. The average Bonchev–Trinajstić information content (AvgIpc) is 2.68. The molecular weight excluding hydrogens is 342 g/mol. The first-order valence-electron chi connectivity index (χ1n) is 8.51. The number of nitrogens with zero attached hydrogens (tertiary/aromatic N) is 3. The van der Waals surface area contributed by atoms with Gasteiger partial charge in [0, 0.05) is 25.2 Å². The van der Waals surface area contributed by atoms with E-state index in [1.54, 1.807) is 42.2 Å². The van der Waals surface area contributed by atoms with Gasteiger partial charge in [-0.15, -0.1) is 0 Å². The lowest BCUT2D eigenvalue weighted by atomic mass is 10.2. The number of likely N-dealkylation sites (N-methyl/N-ethyl adjacent to an activating group) is 2. The maximum absolute atomic E-state index is 12.9. The van der Waals surface area contributed by atoms with Gasteiger partial charge < -0.3 is 9.80 Å². The number of aromatic nitrogens is 1. The topological polar surface area (TPSA) is 36.4 Å². The molecule has 0 aliphatic heterocycles. The monoisotopic (exact) mass is 367 g/mol. The minimum absolute atomic E-state index is 0.105. The molecule has 0 bridgehead atoms. The van der Waals surface area contributed by atoms with E-state index < -0.39 is 0 Å². The van der Waals surface area contributed by atoms with Crippen LogP contribution < -0.4 is 4.90 Å². The summed E-state index contributed by atoms with van der Waals surface area (Å²) >= 11 is 1.55. The predicted molar refractivity (Wildman–Crippen MR) is 110 cm³/mol. The standard InChI is InChI=1S/C21H25N3OS/c1-6-17-10-12-19(13-11-17)26-16(3)23(4)20(7-2)21(25)24(5)18-9-8-14-22-15-18/h7-15H,3,6H2,1-2,4-5H3/b20-7-. The number of aryl methyl sites for hydroxylation is 1. The molecule has 0 saturated carbocycles. The molecule has 0 aliphatic rings. The first-order valence-corrected chi connectivity index (χ1v) is 9.33. The van der Waals surface area contributed by atoms with Crippen molar-refractivity contribution >= 4 is 23.4 Å². The van der Waals surface area contributed by atoms with Gasteiger partial charge in [0.2, 0.25) is 0 Å². The van der Waals surface area contributed by atoms with Gasteiger partial charge in [0.05, 0.1) is 16.9 Å². The number of allylic oxidation sites excluding steroid dienone is 1. The van der Waals surface area contributed by atoms with Crippen molar-refractivity contribution in [3.8, 4) is 0 Å². The number of pyridine rings is 1. The number of carbonyl (C=O) groups is 1. The van der Waals surface area contributed by atoms with Crippen LogP contribution in [-0.4, -0.2) is 29.9 Å². The Kier molecular flexibility index (Phi) is 7.04. The molecule has 2 aromatic rings. The second kappa shape index (κ2) is 9.25. The van der Waals surface area contributed by atoms with E-state index in [0.29, 0.717) is 5.70 Å². The van der Waals surface area contributed by atoms with E-state index in [0.717, 1.165) is 22.0 Å². The smallest absolute Gasteiger partial charge is 0.274 e. The summed E-state index contributed by atoms with van der Waals surface area (Å²) in [5.41, 5.74) is 2.62. The Labute approximate surface area is 160 Å². The summed E-state index contributed by atoms with van der Waals surface area (Å²) in [6.45, 7) is 8.13. The lowest BCUT2D eigenvalue weighted by molar-refractivity contribution is -0.116. The van der Waals surface area contributed by atoms with Crippen LogP contribution in [0.4, 0.5) is 5.69 Å². The Hall–Kier alpha value is -2.53. The van der Waals surface area contributed by atoms with Gasteiger partial charge in [0.25, 0.3) is 5.91 Å². The van der Waals surface area contributed by atoms with Crippen molar-refractivity contribution in [1.82, 2.24) is 9.88 Å². The Bertz CT molecular complexity index is 785. The van der Waals surface area contributed by atoms with Crippen molar-refractivity contribution in [3.63, 3.8) is 0 Å². The highest BCUT2D eigenvalue weighted by molar-refractivity contribution is 8.03. The minimum Gasteiger partial charge on any atom is -0.335 e. The highest BCUT2D eigenvalue weighted by Gasteiger charge is 2.21. The molecule has 0 fully saturated rings. The summed E-state index contributed by atoms with van der Waals surface area (Å²) < 4.78 is 0. The van der Waals surface area contributed by atoms with Crippen LogP contribution in [0.1, 0.15) is 19.4 Å². The second-order valence-electron chi connectivity index (χ2n) is 5.80. The van der Waals surface area contributed by atoms with E-state index in [4.69, 9.17) is 0 Å². The van der Waals surface area contributed by atoms with Gasteiger partial charge in [-0.3, -0.25) is 9.78 Å². The summed E-state index contributed by atoms with van der Waals surface area (Å²) in [7, 11) is 3.61. The maximum Gasteiger partial charge on any atom is 0.274 e. The zero-order valence-corrected chi connectivity index (χ0v) is 16.6. The van der Waals surface area contributed by atoms with E-state index in [2.05, 4.69) is 42.8 Å². The fraction of sp³-hybridized carbons (Fsp3) is 0.238. The number of benzene rings is 1. The van der Waals surface area contributed by atoms with Crippen molar-refractivity contribution in [3.05, 3.63) is 77.7 Å². The minimum atomic E-state index is -0.105. The largest absolute Gasteiger partial charge is 0.335 e. The summed E-state index contributed by atoms with van der Waals surface area (Å²) in [5.74, 6) is -0.105. The number of anilines is 1. The van der Waals surface area contributed by atoms with Crippen molar-refractivity contribution in [2.24, 2.45) is 0 Å². The molecule has 1 amide bonds. The summed E-state index contributed by atoms with van der Waals surface area (Å²) in [6, 6.07) is 12.1. The third-order valence-corrected chi connectivity index (χ3v) is 5.15. The highest BCUT2D eigenvalue weighted by Crippen LogP contribution is 2.30. The molecule has 0 atom stereocenters. The Balaban J connectivity index is 2.10. The van der Waals surface area contributed by atoms with Gasteiger partial charge in [0.1, 0.15) is 5.70 Å². The van der Waals surface area contributed by atoms with E-state index >= 15 is 0 Å². The SMILES string of the molecule is C=C(Sc1ccc(CC)cc1)N(C)/C(=C\C)C(=O)N(C)c1cccnc1. The van der Waals surface area contributed by atoms with Crippen LogP contribution >= 0.6 is 11.8 Å². The number of amides is 1. The Morgan fingerprint density at radius 3 is 2.46 bits per heavy atom. The van der Waals surface area contributed by atoms with Crippen LogP contribution in [0.2, 0.25) is 0 Å². The third-order valence-electron chi connectivity index (χ3n) is 4.13. The Morgan fingerprint density at radius 1 is 1.23 bits per heavy atom. The van der Waals surface area contributed by atoms with Gasteiger partial charge >= 0.3 is 0 Å². The number of hydrogen-bond acceptors (Lipinski definition) is 4. The average molecular weight is 368 g/mol. The molecular formula is C21H25N3OS. The first-order chi connectivity index (χ1) is 12.5. The molecule has 0 saturated heterocycles. The van der Waals surface area contributed by atoms with Gasteiger partial charge in [-0.1, -0.05) is 43.5 Å². The molecule has 2 rings (SSSR count). The molecule has 0 N–H and O–H groups in total. The van der Waals surface area contributed by atoms with Gasteiger partial charge in [-0.05, 0) is 43.2 Å². The number of thioether (sulfide) groups is 1. The summed E-state index contributed by atoms with van der Waals surface area (Å²) in [4.78, 5) is 21.5. The molecule has 0 aliphatic carbocycles. The molecule has 1 aromatic heterocycles. The van der Waals surface area contributed by atoms with Crippen molar-refractivity contribution < 1.29 is 4.79 Å². The highest BCUT2D eigenvalue weighted by atomic mass is 32.2. The van der Waals surface area contributed by atoms with Crippen molar-refractivity contribution in [1.29, 1.82) is 0 Å². The van der Waals surface area contributed by atoms with Crippen LogP contribution in [-0.2, 0) is 11.2 Å². The number of hydrogen-bond donors (Lipinski definition) is 0. The van der Waals surface area contributed by atoms with E-state index in [-0.39, 0.29) is 5.91 Å². The Morgan fingerprint density at radius 2 is 1.92 bits per heavy atom. The van der Waals surface area contributed by atoms with Crippen LogP contribution in [0.3, 0.4) is 0 Å². The molecule has 1 heterocycles. The van der Waals surface area contributed by atoms with Gasteiger partial charge in [-0.2, -0.15) is 0 Å². The number of carbonyl (C=O) groups excluding carboxylic acids is 1. The summed E-state index contributed by atoms with van der Waals surface area (Å²) in [5, 5.41) is 0.787. The predicted octanol–water partition coefficient (Wildman–Crippen LogP) is 4.71. The normalized spacial score (nSPS) is 11.2. The van der Waals surface area contributed by atoms with Crippen LogP contribution in [0.5, 0.6) is 0 Å². The molecule has 136 valence electrons. The van der Waals surface area contributed by atoms with E-state index in [1.165, 1.54) is 5.56 Å². The zero-order valence-electron chi connectivity index (χ0n) is 15.8.